The normalized spacial score (nSPS) is 24.6. The van der Waals surface area contributed by atoms with Gasteiger partial charge in [-0.15, -0.1) is 0 Å². The van der Waals surface area contributed by atoms with E-state index in [2.05, 4.69) is 0 Å². The summed E-state index contributed by atoms with van der Waals surface area (Å²) < 4.78 is 55.9. The molecule has 0 amide bonds. The standard InChI is InChI=1S/C18H20F4O2/c1-8(2)6-11-17(4,5)18(11,16(23)24)7-10-14(21)12(19)9(3)13(20)15(10)22/h6,11H,7H2,1-5H3,(H,23,24)/t11?,18-/m0/s1. The fourth-order valence-electron chi connectivity index (χ4n) is 3.62. The second-order valence-electron chi connectivity index (χ2n) is 7.26. The molecule has 1 unspecified atom stereocenters. The summed E-state index contributed by atoms with van der Waals surface area (Å²) in [4.78, 5) is 11.9. The van der Waals surface area contributed by atoms with Gasteiger partial charge in [-0.25, -0.2) is 17.6 Å². The van der Waals surface area contributed by atoms with Crippen molar-refractivity contribution in [3.63, 3.8) is 0 Å². The fourth-order valence-corrected chi connectivity index (χ4v) is 3.62. The number of aliphatic carboxylic acids is 1. The third-order valence-electron chi connectivity index (χ3n) is 5.29. The van der Waals surface area contributed by atoms with E-state index in [1.807, 2.05) is 0 Å². The Morgan fingerprint density at radius 1 is 1.08 bits per heavy atom. The number of halogens is 4. The highest BCUT2D eigenvalue weighted by Gasteiger charge is 2.74. The zero-order valence-electron chi connectivity index (χ0n) is 14.2. The third-order valence-corrected chi connectivity index (χ3v) is 5.29. The van der Waals surface area contributed by atoms with E-state index in [-0.39, 0.29) is 0 Å². The van der Waals surface area contributed by atoms with Crippen LogP contribution in [-0.4, -0.2) is 11.1 Å². The third kappa shape index (κ3) is 2.34. The summed E-state index contributed by atoms with van der Waals surface area (Å²) in [5, 5.41) is 9.70. The number of hydrogen-bond acceptors (Lipinski definition) is 1. The smallest absolute Gasteiger partial charge is 0.311 e. The number of allylic oxidation sites excluding steroid dienone is 2. The van der Waals surface area contributed by atoms with Crippen LogP contribution in [0.4, 0.5) is 17.6 Å². The molecule has 1 aromatic carbocycles. The molecule has 2 rings (SSSR count). The Kier molecular flexibility index (Phi) is 4.32. The molecule has 132 valence electrons. The van der Waals surface area contributed by atoms with Gasteiger partial charge in [-0.05, 0) is 32.6 Å². The molecule has 1 fully saturated rings. The van der Waals surface area contributed by atoms with Crippen LogP contribution in [0.15, 0.2) is 11.6 Å². The monoisotopic (exact) mass is 344 g/mol. The van der Waals surface area contributed by atoms with Crippen molar-refractivity contribution in [2.24, 2.45) is 16.7 Å². The van der Waals surface area contributed by atoms with Crippen molar-refractivity contribution in [1.82, 2.24) is 0 Å². The number of benzene rings is 1. The predicted molar refractivity (Wildman–Crippen MR) is 81.5 cm³/mol. The van der Waals surface area contributed by atoms with Gasteiger partial charge in [-0.2, -0.15) is 0 Å². The summed E-state index contributed by atoms with van der Waals surface area (Å²) in [5.74, 6) is -7.74. The Morgan fingerprint density at radius 2 is 1.54 bits per heavy atom. The molecule has 0 spiro atoms. The molecular weight excluding hydrogens is 324 g/mol. The Bertz CT molecular complexity index is 719. The van der Waals surface area contributed by atoms with Crippen LogP contribution in [0.25, 0.3) is 0 Å². The maximum absolute atomic E-state index is 14.2. The van der Waals surface area contributed by atoms with Gasteiger partial charge in [0.25, 0.3) is 0 Å². The van der Waals surface area contributed by atoms with Crippen LogP contribution in [-0.2, 0) is 11.2 Å². The van der Waals surface area contributed by atoms with Crippen LogP contribution in [0.1, 0.15) is 38.8 Å². The van der Waals surface area contributed by atoms with Gasteiger partial charge in [-0.1, -0.05) is 25.5 Å². The van der Waals surface area contributed by atoms with E-state index in [0.29, 0.717) is 0 Å². The molecule has 6 heteroatoms. The molecule has 0 bridgehead atoms. The van der Waals surface area contributed by atoms with Crippen molar-refractivity contribution in [3.05, 3.63) is 46.0 Å². The van der Waals surface area contributed by atoms with Gasteiger partial charge >= 0.3 is 5.97 Å². The van der Waals surface area contributed by atoms with E-state index in [9.17, 15) is 27.5 Å². The molecular formula is C18H20F4O2. The summed E-state index contributed by atoms with van der Waals surface area (Å²) in [6.45, 7) is 7.84. The summed E-state index contributed by atoms with van der Waals surface area (Å²) in [6.07, 6.45) is 1.11. The van der Waals surface area contributed by atoms with Crippen LogP contribution in [0.2, 0.25) is 0 Å². The average Bonchev–Trinajstić information content (AvgIpc) is 2.94. The molecule has 0 aromatic heterocycles. The van der Waals surface area contributed by atoms with Crippen molar-refractivity contribution < 1.29 is 27.5 Å². The molecule has 1 aliphatic rings. The minimum Gasteiger partial charge on any atom is -0.481 e. The van der Waals surface area contributed by atoms with E-state index in [4.69, 9.17) is 0 Å². The molecule has 1 saturated carbocycles. The maximum atomic E-state index is 14.2. The number of carbonyl (C=O) groups is 1. The SMILES string of the molecule is CC(C)=CC1C(C)(C)[C@]1(Cc1c(F)c(F)c(C)c(F)c1F)C(=O)O. The minimum atomic E-state index is -1.52. The highest BCUT2D eigenvalue weighted by atomic mass is 19.2. The van der Waals surface area contributed by atoms with Gasteiger partial charge in [0.05, 0.1) is 5.41 Å². The summed E-state index contributed by atoms with van der Waals surface area (Å²) in [5.41, 5.74) is -3.06. The van der Waals surface area contributed by atoms with Crippen molar-refractivity contribution in [2.45, 2.75) is 41.0 Å². The molecule has 0 aliphatic heterocycles. The Balaban J connectivity index is 2.61. The first-order valence-electron chi connectivity index (χ1n) is 7.59. The molecule has 1 N–H and O–H groups in total. The van der Waals surface area contributed by atoms with Crippen molar-refractivity contribution in [1.29, 1.82) is 0 Å². The number of carboxylic acid groups (broad SMARTS) is 1. The zero-order chi connectivity index (χ0) is 18.6. The fraction of sp³-hybridized carbons (Fsp3) is 0.500. The van der Waals surface area contributed by atoms with Gasteiger partial charge in [-0.3, -0.25) is 4.79 Å². The lowest BCUT2D eigenvalue weighted by molar-refractivity contribution is -0.145. The molecule has 2 atom stereocenters. The highest BCUT2D eigenvalue weighted by Crippen LogP contribution is 2.71. The molecule has 0 saturated heterocycles. The molecule has 0 heterocycles. The first-order valence-corrected chi connectivity index (χ1v) is 7.59. The second kappa shape index (κ2) is 5.60. The van der Waals surface area contributed by atoms with Gasteiger partial charge in [0.1, 0.15) is 0 Å². The van der Waals surface area contributed by atoms with E-state index >= 15 is 0 Å². The summed E-state index contributed by atoms with van der Waals surface area (Å²) in [6, 6.07) is 0. The number of carboxylic acids is 1. The van der Waals surface area contributed by atoms with Gasteiger partial charge < -0.3 is 5.11 Å². The van der Waals surface area contributed by atoms with E-state index in [0.717, 1.165) is 12.5 Å². The second-order valence-corrected chi connectivity index (χ2v) is 7.26. The summed E-state index contributed by atoms with van der Waals surface area (Å²) >= 11 is 0. The minimum absolute atomic E-state index is 0.487. The first kappa shape index (κ1) is 18.5. The first-order chi connectivity index (χ1) is 10.9. The van der Waals surface area contributed by atoms with Crippen LogP contribution >= 0.6 is 0 Å². The van der Waals surface area contributed by atoms with Gasteiger partial charge in [0.15, 0.2) is 23.3 Å². The van der Waals surface area contributed by atoms with E-state index in [1.54, 1.807) is 33.8 Å². The van der Waals surface area contributed by atoms with Gasteiger partial charge in [0.2, 0.25) is 0 Å². The topological polar surface area (TPSA) is 37.3 Å². The average molecular weight is 344 g/mol. The molecule has 1 aliphatic carbocycles. The zero-order valence-corrected chi connectivity index (χ0v) is 14.2. The quantitative estimate of drug-likeness (QED) is 0.484. The van der Waals surface area contributed by atoms with Crippen LogP contribution < -0.4 is 0 Å². The lowest BCUT2D eigenvalue weighted by atomic mass is 9.87. The molecule has 24 heavy (non-hydrogen) atoms. The van der Waals surface area contributed by atoms with Crippen LogP contribution in [0, 0.1) is 46.9 Å². The highest BCUT2D eigenvalue weighted by molar-refractivity contribution is 5.82. The Hall–Kier alpha value is -1.85. The van der Waals surface area contributed by atoms with Crippen molar-refractivity contribution in [3.8, 4) is 0 Å². The lowest BCUT2D eigenvalue weighted by Crippen LogP contribution is -2.26. The van der Waals surface area contributed by atoms with Crippen molar-refractivity contribution in [2.75, 3.05) is 0 Å². The summed E-state index contributed by atoms with van der Waals surface area (Å²) in [7, 11) is 0. The van der Waals surface area contributed by atoms with Crippen molar-refractivity contribution >= 4 is 5.97 Å². The lowest BCUT2D eigenvalue weighted by Gasteiger charge is -2.18. The van der Waals surface area contributed by atoms with Crippen LogP contribution in [0.3, 0.4) is 0 Å². The number of hydrogen-bond donors (Lipinski definition) is 1. The van der Waals surface area contributed by atoms with E-state index in [1.165, 1.54) is 0 Å². The van der Waals surface area contributed by atoms with Crippen LogP contribution in [0.5, 0.6) is 0 Å². The number of rotatable bonds is 4. The molecule has 2 nitrogen and oxygen atoms in total. The Morgan fingerprint density at radius 3 is 1.92 bits per heavy atom. The van der Waals surface area contributed by atoms with Gasteiger partial charge in [0, 0.05) is 17.0 Å². The maximum Gasteiger partial charge on any atom is 0.311 e. The van der Waals surface area contributed by atoms with E-state index < -0.39 is 63.5 Å². The molecule has 1 aromatic rings. The Labute approximate surface area is 138 Å². The predicted octanol–water partition coefficient (Wildman–Crippen LogP) is 4.79. The molecule has 0 radical (unpaired) electrons. The largest absolute Gasteiger partial charge is 0.481 e.